The van der Waals surface area contributed by atoms with Crippen LogP contribution in [0.4, 0.5) is 5.13 Å². The lowest BCUT2D eigenvalue weighted by Gasteiger charge is -2.07. The largest absolute Gasteiger partial charge is 0.497 e. The quantitative estimate of drug-likeness (QED) is 0.467. The number of carbonyl (C=O) groups excluding carboxylic acids is 1. The van der Waals surface area contributed by atoms with Gasteiger partial charge in [0.1, 0.15) is 11.5 Å². The van der Waals surface area contributed by atoms with Crippen LogP contribution >= 0.6 is 23.1 Å². The molecule has 1 amide bonds. The van der Waals surface area contributed by atoms with Crippen molar-refractivity contribution in [1.29, 1.82) is 0 Å². The Bertz CT molecular complexity index is 904. The van der Waals surface area contributed by atoms with E-state index in [0.29, 0.717) is 22.2 Å². The van der Waals surface area contributed by atoms with Crippen LogP contribution in [0.1, 0.15) is 21.5 Å². The Labute approximate surface area is 165 Å². The van der Waals surface area contributed by atoms with Crippen molar-refractivity contribution in [2.75, 3.05) is 19.5 Å². The molecule has 0 saturated heterocycles. The highest BCUT2D eigenvalue weighted by Crippen LogP contribution is 2.29. The van der Waals surface area contributed by atoms with Gasteiger partial charge < -0.3 is 9.47 Å². The zero-order valence-electron chi connectivity index (χ0n) is 15.2. The molecule has 1 heterocycles. The molecular weight excluding hydrogens is 382 g/mol. The number of aromatic nitrogens is 2. The summed E-state index contributed by atoms with van der Waals surface area (Å²) in [6, 6.07) is 13.4. The summed E-state index contributed by atoms with van der Waals surface area (Å²) >= 11 is 2.93. The van der Waals surface area contributed by atoms with Gasteiger partial charge in [0.05, 0.1) is 14.2 Å². The number of benzene rings is 2. The number of aryl methyl sites for hydroxylation is 1. The van der Waals surface area contributed by atoms with E-state index < -0.39 is 0 Å². The Kier molecular flexibility index (Phi) is 6.31. The fourth-order valence-electron chi connectivity index (χ4n) is 2.26. The lowest BCUT2D eigenvalue weighted by Crippen LogP contribution is -2.12. The van der Waals surface area contributed by atoms with Gasteiger partial charge in [-0.1, -0.05) is 52.9 Å². The molecular formula is C19H19N3O3S2. The fourth-order valence-corrected chi connectivity index (χ4v) is 3.96. The van der Waals surface area contributed by atoms with Crippen molar-refractivity contribution in [2.45, 2.75) is 17.0 Å². The molecule has 0 aliphatic rings. The molecule has 1 aromatic heterocycles. The summed E-state index contributed by atoms with van der Waals surface area (Å²) in [5.41, 5.74) is 2.88. The average molecular weight is 402 g/mol. The molecule has 1 N–H and O–H groups in total. The number of carbonyl (C=O) groups is 1. The van der Waals surface area contributed by atoms with Gasteiger partial charge in [-0.3, -0.25) is 10.1 Å². The molecule has 3 aromatic rings. The van der Waals surface area contributed by atoms with E-state index in [-0.39, 0.29) is 5.91 Å². The molecule has 0 atom stereocenters. The molecule has 0 unspecified atom stereocenters. The Morgan fingerprint density at radius 1 is 1.07 bits per heavy atom. The first-order valence-corrected chi connectivity index (χ1v) is 9.94. The third kappa shape index (κ3) is 5.21. The van der Waals surface area contributed by atoms with E-state index in [0.717, 1.165) is 10.1 Å². The van der Waals surface area contributed by atoms with Gasteiger partial charge in [-0.25, -0.2) is 0 Å². The second-order valence-electron chi connectivity index (χ2n) is 5.70. The SMILES string of the molecule is COc1cc(OC)cc(C(=O)Nc2nnc(SCc3ccc(C)cc3)s2)c1. The molecule has 0 aliphatic carbocycles. The van der Waals surface area contributed by atoms with E-state index in [9.17, 15) is 4.79 Å². The predicted octanol–water partition coefficient (Wildman–Crippen LogP) is 4.41. The molecule has 27 heavy (non-hydrogen) atoms. The number of hydrogen-bond donors (Lipinski definition) is 1. The van der Waals surface area contributed by atoms with Crippen LogP contribution in [0.25, 0.3) is 0 Å². The molecule has 0 aliphatic heterocycles. The minimum atomic E-state index is -0.293. The standard InChI is InChI=1S/C19H19N3O3S2/c1-12-4-6-13(7-5-12)11-26-19-22-21-18(27-19)20-17(23)14-8-15(24-2)10-16(9-14)25-3/h4-10H,11H2,1-3H3,(H,20,21,23). The van der Waals surface area contributed by atoms with Crippen LogP contribution in [0.2, 0.25) is 0 Å². The van der Waals surface area contributed by atoms with Gasteiger partial charge in [0.25, 0.3) is 5.91 Å². The third-order valence-electron chi connectivity index (χ3n) is 3.72. The zero-order chi connectivity index (χ0) is 19.2. The Balaban J connectivity index is 1.63. The van der Waals surface area contributed by atoms with Crippen LogP contribution < -0.4 is 14.8 Å². The van der Waals surface area contributed by atoms with Crippen LogP contribution in [0.5, 0.6) is 11.5 Å². The normalized spacial score (nSPS) is 10.5. The maximum atomic E-state index is 12.5. The average Bonchev–Trinajstić information content (AvgIpc) is 3.14. The minimum absolute atomic E-state index is 0.293. The summed E-state index contributed by atoms with van der Waals surface area (Å²) in [7, 11) is 3.08. The van der Waals surface area contributed by atoms with Gasteiger partial charge >= 0.3 is 0 Å². The van der Waals surface area contributed by atoms with Crippen molar-refractivity contribution in [1.82, 2.24) is 10.2 Å². The minimum Gasteiger partial charge on any atom is -0.497 e. The van der Waals surface area contributed by atoms with E-state index in [4.69, 9.17) is 9.47 Å². The number of nitrogens with one attached hydrogen (secondary N) is 1. The number of rotatable bonds is 7. The number of thioether (sulfide) groups is 1. The van der Waals surface area contributed by atoms with Crippen molar-refractivity contribution >= 4 is 34.1 Å². The van der Waals surface area contributed by atoms with Gasteiger partial charge in [0, 0.05) is 17.4 Å². The van der Waals surface area contributed by atoms with Crippen molar-refractivity contribution in [3.05, 3.63) is 59.2 Å². The molecule has 3 rings (SSSR count). The second-order valence-corrected chi connectivity index (χ2v) is 7.90. The van der Waals surface area contributed by atoms with E-state index >= 15 is 0 Å². The highest BCUT2D eigenvalue weighted by Gasteiger charge is 2.13. The van der Waals surface area contributed by atoms with Crippen molar-refractivity contribution in [3.63, 3.8) is 0 Å². The van der Waals surface area contributed by atoms with Gasteiger partial charge in [0.15, 0.2) is 4.34 Å². The number of hydrogen-bond acceptors (Lipinski definition) is 7. The molecule has 8 heteroatoms. The Morgan fingerprint density at radius 2 is 1.74 bits per heavy atom. The maximum absolute atomic E-state index is 12.5. The number of anilines is 1. The van der Waals surface area contributed by atoms with Crippen LogP contribution in [-0.2, 0) is 5.75 Å². The summed E-state index contributed by atoms with van der Waals surface area (Å²) in [5.74, 6) is 1.60. The highest BCUT2D eigenvalue weighted by atomic mass is 32.2. The molecule has 6 nitrogen and oxygen atoms in total. The van der Waals surface area contributed by atoms with E-state index in [1.807, 2.05) is 0 Å². The van der Waals surface area contributed by atoms with E-state index in [1.165, 1.54) is 22.5 Å². The number of methoxy groups -OCH3 is 2. The summed E-state index contributed by atoms with van der Waals surface area (Å²) in [5, 5.41) is 11.4. The molecule has 140 valence electrons. The van der Waals surface area contributed by atoms with Crippen LogP contribution in [-0.4, -0.2) is 30.3 Å². The topological polar surface area (TPSA) is 73.3 Å². The maximum Gasteiger partial charge on any atom is 0.257 e. The molecule has 0 bridgehead atoms. The van der Waals surface area contributed by atoms with Crippen LogP contribution in [0, 0.1) is 6.92 Å². The highest BCUT2D eigenvalue weighted by molar-refractivity contribution is 8.00. The van der Waals surface area contributed by atoms with Crippen molar-refractivity contribution in [3.8, 4) is 11.5 Å². The van der Waals surface area contributed by atoms with Crippen LogP contribution in [0.15, 0.2) is 46.8 Å². The molecule has 0 saturated carbocycles. The summed E-state index contributed by atoms with van der Waals surface area (Å²) < 4.78 is 11.2. The van der Waals surface area contributed by atoms with Crippen LogP contribution in [0.3, 0.4) is 0 Å². The molecule has 0 radical (unpaired) electrons. The second kappa shape index (κ2) is 8.88. The molecule has 2 aromatic carbocycles. The summed E-state index contributed by atoms with van der Waals surface area (Å²) in [6.45, 7) is 2.06. The number of amides is 1. The lowest BCUT2D eigenvalue weighted by molar-refractivity contribution is 0.102. The monoisotopic (exact) mass is 401 g/mol. The lowest BCUT2D eigenvalue weighted by atomic mass is 10.2. The Hall–Kier alpha value is -2.58. The van der Waals surface area contributed by atoms with Crippen molar-refractivity contribution in [2.24, 2.45) is 0 Å². The van der Waals surface area contributed by atoms with Gasteiger partial charge in [-0.15, -0.1) is 10.2 Å². The van der Waals surface area contributed by atoms with E-state index in [1.54, 1.807) is 44.2 Å². The number of ether oxygens (including phenoxy) is 2. The fraction of sp³-hybridized carbons (Fsp3) is 0.211. The van der Waals surface area contributed by atoms with Gasteiger partial charge in [-0.05, 0) is 24.6 Å². The zero-order valence-corrected chi connectivity index (χ0v) is 16.8. The first-order valence-electron chi connectivity index (χ1n) is 8.13. The first-order chi connectivity index (χ1) is 13.1. The molecule has 0 fully saturated rings. The molecule has 0 spiro atoms. The van der Waals surface area contributed by atoms with E-state index in [2.05, 4.69) is 46.7 Å². The number of nitrogens with zero attached hydrogens (tertiary/aromatic N) is 2. The Morgan fingerprint density at radius 3 is 2.37 bits per heavy atom. The summed E-state index contributed by atoms with van der Waals surface area (Å²) in [6.07, 6.45) is 0. The third-order valence-corrected chi connectivity index (χ3v) is 5.77. The van der Waals surface area contributed by atoms with Gasteiger partial charge in [-0.2, -0.15) is 0 Å². The van der Waals surface area contributed by atoms with Crippen molar-refractivity contribution < 1.29 is 14.3 Å². The summed E-state index contributed by atoms with van der Waals surface area (Å²) in [4.78, 5) is 12.5. The first kappa shape index (κ1) is 19.2. The smallest absolute Gasteiger partial charge is 0.257 e. The predicted molar refractivity (Wildman–Crippen MR) is 108 cm³/mol. The van der Waals surface area contributed by atoms with Gasteiger partial charge in [0.2, 0.25) is 5.13 Å².